The Balaban J connectivity index is 2.05. The van der Waals surface area contributed by atoms with Gasteiger partial charge in [-0.05, 0) is 41.8 Å². The second-order valence-corrected chi connectivity index (χ2v) is 11.6. The number of halogens is 2. The molecule has 10 heteroatoms. The van der Waals surface area contributed by atoms with Crippen LogP contribution in [0.4, 0.5) is 5.69 Å². The van der Waals surface area contributed by atoms with Gasteiger partial charge in [-0.3, -0.25) is 13.9 Å². The molecule has 0 saturated carbocycles. The predicted octanol–water partition coefficient (Wildman–Crippen LogP) is 4.93. The maximum atomic E-state index is 13.9. The molecular weight excluding hydrogens is 545 g/mol. The van der Waals surface area contributed by atoms with Crippen LogP contribution in [0.5, 0.6) is 0 Å². The van der Waals surface area contributed by atoms with E-state index in [0.717, 1.165) is 22.5 Å². The molecule has 3 aromatic rings. The fourth-order valence-corrected chi connectivity index (χ4v) is 5.28. The van der Waals surface area contributed by atoms with Crippen molar-refractivity contribution in [3.8, 4) is 0 Å². The summed E-state index contributed by atoms with van der Waals surface area (Å²) in [5, 5.41) is 3.67. The van der Waals surface area contributed by atoms with Crippen LogP contribution in [0, 0.1) is 0 Å². The maximum Gasteiger partial charge on any atom is 0.244 e. The summed E-state index contributed by atoms with van der Waals surface area (Å²) in [5.41, 5.74) is 1.78. The molecule has 0 aromatic heterocycles. The molecule has 3 rings (SSSR count). The summed E-state index contributed by atoms with van der Waals surface area (Å²) in [4.78, 5) is 28.8. The molecule has 0 heterocycles. The molecule has 0 saturated heterocycles. The van der Waals surface area contributed by atoms with Crippen LogP contribution in [-0.2, 0) is 32.6 Å². The molecule has 0 aliphatic heterocycles. The van der Waals surface area contributed by atoms with Gasteiger partial charge in [0, 0.05) is 29.6 Å². The van der Waals surface area contributed by atoms with Crippen LogP contribution in [0.1, 0.15) is 24.5 Å². The largest absolute Gasteiger partial charge is 0.354 e. The first-order valence-electron chi connectivity index (χ1n) is 12.2. The lowest BCUT2D eigenvalue weighted by molar-refractivity contribution is -0.140. The normalized spacial score (nSPS) is 12.0. The van der Waals surface area contributed by atoms with Crippen LogP contribution in [0.2, 0.25) is 10.0 Å². The van der Waals surface area contributed by atoms with E-state index in [9.17, 15) is 18.0 Å². The van der Waals surface area contributed by atoms with Crippen molar-refractivity contribution in [2.45, 2.75) is 32.4 Å². The van der Waals surface area contributed by atoms with Gasteiger partial charge in [-0.25, -0.2) is 8.42 Å². The molecule has 0 aliphatic rings. The van der Waals surface area contributed by atoms with Crippen LogP contribution >= 0.6 is 23.2 Å². The van der Waals surface area contributed by atoms with Crippen LogP contribution in [0.25, 0.3) is 0 Å². The van der Waals surface area contributed by atoms with Gasteiger partial charge in [0.1, 0.15) is 12.6 Å². The highest BCUT2D eigenvalue weighted by Gasteiger charge is 2.33. The van der Waals surface area contributed by atoms with E-state index in [-0.39, 0.29) is 18.9 Å². The van der Waals surface area contributed by atoms with Gasteiger partial charge >= 0.3 is 0 Å². The Morgan fingerprint density at radius 3 is 2.16 bits per heavy atom. The van der Waals surface area contributed by atoms with Crippen LogP contribution in [0.3, 0.4) is 0 Å². The highest BCUT2D eigenvalue weighted by atomic mass is 35.5. The molecule has 0 spiro atoms. The third kappa shape index (κ3) is 8.21. The van der Waals surface area contributed by atoms with Gasteiger partial charge in [-0.15, -0.1) is 0 Å². The van der Waals surface area contributed by atoms with Crippen LogP contribution in [0.15, 0.2) is 78.9 Å². The van der Waals surface area contributed by atoms with E-state index in [4.69, 9.17) is 23.2 Å². The summed E-state index contributed by atoms with van der Waals surface area (Å²) in [5.74, 6) is -0.877. The first-order valence-corrected chi connectivity index (χ1v) is 14.8. The summed E-state index contributed by atoms with van der Waals surface area (Å²) in [7, 11) is -3.81. The number of sulfonamides is 1. The fraction of sp³-hybridized carbons (Fsp3) is 0.286. The van der Waals surface area contributed by atoms with E-state index in [1.807, 2.05) is 37.3 Å². The number of anilines is 1. The summed E-state index contributed by atoms with van der Waals surface area (Å²) >= 11 is 12.5. The lowest BCUT2D eigenvalue weighted by Gasteiger charge is -2.33. The molecule has 0 fully saturated rings. The SMILES string of the molecule is CCCNC(=O)[C@H](Cc1ccccc1)N(Cc1ccc(Cl)cc1Cl)C(=O)CN(c1ccccc1)S(C)(=O)=O. The Labute approximate surface area is 234 Å². The lowest BCUT2D eigenvalue weighted by Crippen LogP contribution is -2.53. The average molecular weight is 577 g/mol. The minimum absolute atomic E-state index is 0.0156. The standard InChI is InChI=1S/C28H31Cl2N3O4S/c1-3-16-31-28(35)26(17-21-10-6-4-7-11-21)32(19-22-14-15-23(29)18-25(22)30)27(34)20-33(38(2,36)37)24-12-8-5-9-13-24/h4-15,18,26H,3,16-17,19-20H2,1-2H3,(H,31,35)/t26-/m0/s1. The molecule has 3 aromatic carbocycles. The van der Waals surface area contributed by atoms with Crippen molar-refractivity contribution in [3.05, 3.63) is 100 Å². The predicted molar refractivity (Wildman–Crippen MR) is 153 cm³/mol. The molecule has 202 valence electrons. The summed E-state index contributed by atoms with van der Waals surface area (Å²) in [6, 6.07) is 21.7. The second-order valence-electron chi connectivity index (χ2n) is 8.86. The monoisotopic (exact) mass is 575 g/mol. The van der Waals surface area contributed by atoms with Crippen molar-refractivity contribution < 1.29 is 18.0 Å². The highest BCUT2D eigenvalue weighted by Crippen LogP contribution is 2.25. The number of carbonyl (C=O) groups is 2. The smallest absolute Gasteiger partial charge is 0.244 e. The Bertz CT molecular complexity index is 1340. The summed E-state index contributed by atoms with van der Waals surface area (Å²) < 4.78 is 26.5. The van der Waals surface area contributed by atoms with Gasteiger partial charge in [-0.1, -0.05) is 84.7 Å². The summed E-state index contributed by atoms with van der Waals surface area (Å²) in [6.07, 6.45) is 2.00. The fourth-order valence-electron chi connectivity index (χ4n) is 3.96. The van der Waals surface area contributed by atoms with Gasteiger partial charge < -0.3 is 10.2 Å². The molecule has 0 bridgehead atoms. The number of rotatable bonds is 12. The second kappa shape index (κ2) is 13.6. The topological polar surface area (TPSA) is 86.8 Å². The van der Waals surface area contributed by atoms with E-state index >= 15 is 0 Å². The van der Waals surface area contributed by atoms with Crippen molar-refractivity contribution in [1.82, 2.24) is 10.2 Å². The van der Waals surface area contributed by atoms with Crippen LogP contribution in [-0.4, -0.2) is 50.5 Å². The number of para-hydroxylation sites is 1. The lowest BCUT2D eigenvalue weighted by atomic mass is 10.0. The first kappa shape index (κ1) is 29.5. The van der Waals surface area contributed by atoms with Crippen molar-refractivity contribution in [3.63, 3.8) is 0 Å². The molecule has 0 radical (unpaired) electrons. The first-order chi connectivity index (χ1) is 18.1. The Morgan fingerprint density at radius 2 is 1.58 bits per heavy atom. The van der Waals surface area contributed by atoms with Crippen molar-refractivity contribution in [2.24, 2.45) is 0 Å². The third-order valence-corrected chi connectivity index (χ3v) is 7.63. The number of nitrogens with one attached hydrogen (secondary N) is 1. The van der Waals surface area contributed by atoms with Gasteiger partial charge in [-0.2, -0.15) is 0 Å². The van der Waals surface area contributed by atoms with E-state index in [2.05, 4.69) is 5.32 Å². The zero-order chi connectivity index (χ0) is 27.7. The van der Waals surface area contributed by atoms with E-state index in [0.29, 0.717) is 27.8 Å². The molecule has 0 unspecified atom stereocenters. The quantitative estimate of drug-likeness (QED) is 0.332. The maximum absolute atomic E-state index is 13.9. The minimum Gasteiger partial charge on any atom is -0.354 e. The van der Waals surface area contributed by atoms with E-state index in [1.165, 1.54) is 4.90 Å². The molecule has 1 atom stereocenters. The Morgan fingerprint density at radius 1 is 0.947 bits per heavy atom. The number of hydrogen-bond acceptors (Lipinski definition) is 4. The Kier molecular flexibility index (Phi) is 10.6. The summed E-state index contributed by atoms with van der Waals surface area (Å²) in [6.45, 7) is 1.87. The highest BCUT2D eigenvalue weighted by molar-refractivity contribution is 7.92. The van der Waals surface area contributed by atoms with Gasteiger partial charge in [0.25, 0.3) is 0 Å². The number of benzene rings is 3. The zero-order valence-corrected chi connectivity index (χ0v) is 23.6. The molecule has 38 heavy (non-hydrogen) atoms. The number of carbonyl (C=O) groups excluding carboxylic acids is 2. The van der Waals surface area contributed by atoms with E-state index in [1.54, 1.807) is 48.5 Å². The zero-order valence-electron chi connectivity index (χ0n) is 21.3. The van der Waals surface area contributed by atoms with Crippen molar-refractivity contribution in [2.75, 3.05) is 23.7 Å². The average Bonchev–Trinajstić information content (AvgIpc) is 2.89. The molecule has 2 amide bonds. The van der Waals surface area contributed by atoms with Crippen molar-refractivity contribution in [1.29, 1.82) is 0 Å². The minimum atomic E-state index is -3.81. The number of amides is 2. The Hall–Kier alpha value is -3.07. The van der Waals surface area contributed by atoms with E-state index < -0.39 is 28.5 Å². The third-order valence-electron chi connectivity index (χ3n) is 5.90. The number of hydrogen-bond donors (Lipinski definition) is 1. The van der Waals surface area contributed by atoms with Gasteiger partial charge in [0.2, 0.25) is 21.8 Å². The van der Waals surface area contributed by atoms with Gasteiger partial charge in [0.05, 0.1) is 11.9 Å². The van der Waals surface area contributed by atoms with Gasteiger partial charge in [0.15, 0.2) is 0 Å². The molecule has 0 aliphatic carbocycles. The molecule has 1 N–H and O–H groups in total. The van der Waals surface area contributed by atoms with Crippen molar-refractivity contribution >= 4 is 50.7 Å². The number of nitrogens with zero attached hydrogens (tertiary/aromatic N) is 2. The molecular formula is C28H31Cl2N3O4S. The van der Waals surface area contributed by atoms with Crippen LogP contribution < -0.4 is 9.62 Å². The molecule has 7 nitrogen and oxygen atoms in total.